The number of thioether (sulfide) groups is 1. The molecule has 3 aromatic rings. The summed E-state index contributed by atoms with van der Waals surface area (Å²) in [7, 11) is 0. The van der Waals surface area contributed by atoms with Crippen LogP contribution in [0.1, 0.15) is 22.2 Å². The molecule has 7 heteroatoms. The smallest absolute Gasteiger partial charge is 0.263 e. The fourth-order valence-electron chi connectivity index (χ4n) is 2.26. The normalized spacial score (nSPS) is 11.5. The Balaban J connectivity index is 2.03. The number of rotatable bonds is 4. The third kappa shape index (κ3) is 2.85. The van der Waals surface area contributed by atoms with E-state index in [-0.39, 0.29) is 5.56 Å². The average Bonchev–Trinajstić information content (AvgIpc) is 3.01. The lowest BCUT2D eigenvalue weighted by atomic mass is 10.2. The van der Waals surface area contributed by atoms with Crippen molar-refractivity contribution in [2.45, 2.75) is 38.2 Å². The molecule has 0 aromatic carbocycles. The van der Waals surface area contributed by atoms with Crippen LogP contribution in [0, 0.1) is 13.8 Å². The van der Waals surface area contributed by atoms with E-state index in [1.165, 1.54) is 4.88 Å². The summed E-state index contributed by atoms with van der Waals surface area (Å²) < 4.78 is 2.55. The second-order valence-electron chi connectivity index (χ2n) is 4.90. The van der Waals surface area contributed by atoms with E-state index in [9.17, 15) is 4.79 Å². The number of fused-ring (bicyclic) bond motifs is 1. The van der Waals surface area contributed by atoms with Gasteiger partial charge >= 0.3 is 0 Å². The van der Waals surface area contributed by atoms with Crippen molar-refractivity contribution < 1.29 is 0 Å². The van der Waals surface area contributed by atoms with Crippen LogP contribution in [-0.2, 0) is 12.3 Å². The van der Waals surface area contributed by atoms with E-state index >= 15 is 0 Å². The first-order valence-corrected chi connectivity index (χ1v) is 9.88. The van der Waals surface area contributed by atoms with E-state index in [4.69, 9.17) is 16.6 Å². The number of hydrogen-bond acceptors (Lipinski definition) is 5. The molecular weight excluding hydrogens is 356 g/mol. The van der Waals surface area contributed by atoms with Gasteiger partial charge in [0.15, 0.2) is 5.16 Å². The zero-order valence-electron chi connectivity index (χ0n) is 12.5. The molecule has 3 aromatic heterocycles. The summed E-state index contributed by atoms with van der Waals surface area (Å²) in [5.41, 5.74) is 1.13. The molecule has 0 bridgehead atoms. The fraction of sp³-hybridized carbons (Fsp3) is 0.333. The highest BCUT2D eigenvalue weighted by atomic mass is 35.5. The summed E-state index contributed by atoms with van der Waals surface area (Å²) in [6.45, 7) is 6.65. The van der Waals surface area contributed by atoms with Gasteiger partial charge in [-0.1, -0.05) is 23.4 Å². The van der Waals surface area contributed by atoms with E-state index < -0.39 is 0 Å². The Labute approximate surface area is 146 Å². The Morgan fingerprint density at radius 2 is 2.09 bits per heavy atom. The van der Waals surface area contributed by atoms with Gasteiger partial charge in [-0.2, -0.15) is 0 Å². The van der Waals surface area contributed by atoms with Gasteiger partial charge in [-0.05, 0) is 38.5 Å². The maximum atomic E-state index is 12.7. The molecule has 116 valence electrons. The summed E-state index contributed by atoms with van der Waals surface area (Å²) in [6.07, 6.45) is 0. The van der Waals surface area contributed by atoms with Gasteiger partial charge in [0.25, 0.3) is 5.56 Å². The van der Waals surface area contributed by atoms with Crippen LogP contribution in [0.2, 0.25) is 4.34 Å². The predicted molar refractivity (Wildman–Crippen MR) is 97.9 cm³/mol. The fourth-order valence-corrected chi connectivity index (χ4v) is 5.53. The summed E-state index contributed by atoms with van der Waals surface area (Å²) in [5.74, 6) is 0.776. The summed E-state index contributed by atoms with van der Waals surface area (Å²) in [4.78, 5) is 20.6. The third-order valence-electron chi connectivity index (χ3n) is 3.54. The van der Waals surface area contributed by atoms with Gasteiger partial charge in [0.1, 0.15) is 4.83 Å². The molecule has 3 rings (SSSR count). The molecule has 3 nitrogen and oxygen atoms in total. The highest BCUT2D eigenvalue weighted by Crippen LogP contribution is 2.31. The van der Waals surface area contributed by atoms with Crippen LogP contribution < -0.4 is 5.56 Å². The van der Waals surface area contributed by atoms with Crippen LogP contribution in [0.4, 0.5) is 0 Å². The van der Waals surface area contributed by atoms with E-state index in [0.717, 1.165) is 35.9 Å². The Bertz CT molecular complexity index is 894. The van der Waals surface area contributed by atoms with Gasteiger partial charge in [0, 0.05) is 22.1 Å². The molecule has 0 aliphatic heterocycles. The van der Waals surface area contributed by atoms with Crippen LogP contribution in [-0.4, -0.2) is 9.55 Å². The molecule has 0 saturated heterocycles. The second-order valence-corrected chi connectivity index (χ2v) is 8.85. The Morgan fingerprint density at radius 1 is 1.32 bits per heavy atom. The Morgan fingerprint density at radius 3 is 2.73 bits per heavy atom. The molecule has 0 N–H and O–H groups in total. The van der Waals surface area contributed by atoms with E-state index in [1.54, 1.807) is 39.0 Å². The minimum atomic E-state index is 0.0704. The molecule has 0 atom stereocenters. The standard InChI is InChI=1S/C15H15ClN2OS3/c1-4-18-14(19)12-8(2)9(3)21-13(12)17-15(18)20-7-10-5-6-11(16)22-10/h5-6H,4,7H2,1-3H3. The zero-order chi connectivity index (χ0) is 15.9. The molecule has 3 heterocycles. The SMILES string of the molecule is CCn1c(SCc2ccc(Cl)s2)nc2sc(C)c(C)c2c1=O. The first-order chi connectivity index (χ1) is 10.5. The van der Waals surface area contributed by atoms with Crippen LogP contribution in [0.5, 0.6) is 0 Å². The Hall–Kier alpha value is -0.820. The predicted octanol–water partition coefficient (Wildman–Crippen LogP) is 5.10. The minimum Gasteiger partial charge on any atom is -0.287 e. The monoisotopic (exact) mass is 370 g/mol. The maximum absolute atomic E-state index is 12.7. The van der Waals surface area contributed by atoms with Gasteiger partial charge in [-0.15, -0.1) is 22.7 Å². The lowest BCUT2D eigenvalue weighted by molar-refractivity contribution is 0.635. The second kappa shape index (κ2) is 6.35. The number of halogens is 1. The summed E-state index contributed by atoms with van der Waals surface area (Å²) >= 11 is 10.7. The first-order valence-electron chi connectivity index (χ1n) is 6.88. The number of aryl methyl sites for hydroxylation is 2. The molecule has 0 aliphatic rings. The molecule has 0 radical (unpaired) electrons. The summed E-state index contributed by atoms with van der Waals surface area (Å²) in [5, 5.41) is 1.55. The van der Waals surface area contributed by atoms with Crippen LogP contribution >= 0.6 is 46.0 Å². The van der Waals surface area contributed by atoms with Crippen LogP contribution in [0.25, 0.3) is 10.2 Å². The maximum Gasteiger partial charge on any atom is 0.263 e. The van der Waals surface area contributed by atoms with Crippen molar-refractivity contribution in [3.8, 4) is 0 Å². The molecule has 0 unspecified atom stereocenters. The minimum absolute atomic E-state index is 0.0704. The van der Waals surface area contributed by atoms with Gasteiger partial charge in [0.2, 0.25) is 0 Å². The number of thiophene rings is 2. The van der Waals surface area contributed by atoms with Crippen molar-refractivity contribution in [2.75, 3.05) is 0 Å². The van der Waals surface area contributed by atoms with Gasteiger partial charge in [-0.25, -0.2) is 4.98 Å². The van der Waals surface area contributed by atoms with Crippen molar-refractivity contribution in [1.82, 2.24) is 9.55 Å². The Kier molecular flexibility index (Phi) is 4.64. The van der Waals surface area contributed by atoms with Crippen molar-refractivity contribution in [1.29, 1.82) is 0 Å². The highest BCUT2D eigenvalue weighted by Gasteiger charge is 2.16. The van der Waals surface area contributed by atoms with Crippen molar-refractivity contribution in [3.63, 3.8) is 0 Å². The average molecular weight is 371 g/mol. The van der Waals surface area contributed by atoms with Crippen LogP contribution in [0.3, 0.4) is 0 Å². The molecule has 22 heavy (non-hydrogen) atoms. The number of hydrogen-bond donors (Lipinski definition) is 0. The molecule has 0 aliphatic carbocycles. The molecule has 0 spiro atoms. The molecular formula is C15H15ClN2OS3. The molecule has 0 saturated carbocycles. The van der Waals surface area contributed by atoms with E-state index in [2.05, 4.69) is 0 Å². The zero-order valence-corrected chi connectivity index (χ0v) is 15.7. The van der Waals surface area contributed by atoms with Crippen molar-refractivity contribution >= 4 is 56.3 Å². The lowest BCUT2D eigenvalue weighted by Crippen LogP contribution is -2.22. The highest BCUT2D eigenvalue weighted by molar-refractivity contribution is 7.98. The summed E-state index contributed by atoms with van der Waals surface area (Å²) in [6, 6.07) is 3.92. The van der Waals surface area contributed by atoms with E-state index in [1.807, 2.05) is 32.9 Å². The lowest BCUT2D eigenvalue weighted by Gasteiger charge is -2.09. The molecule has 0 amide bonds. The number of aromatic nitrogens is 2. The van der Waals surface area contributed by atoms with Crippen molar-refractivity contribution in [3.05, 3.63) is 42.1 Å². The molecule has 0 fully saturated rings. The van der Waals surface area contributed by atoms with Crippen molar-refractivity contribution in [2.24, 2.45) is 0 Å². The topological polar surface area (TPSA) is 34.9 Å². The van der Waals surface area contributed by atoms with Gasteiger partial charge in [0.05, 0.1) is 9.72 Å². The third-order valence-corrected chi connectivity index (χ3v) is 7.08. The quantitative estimate of drug-likeness (QED) is 0.473. The number of nitrogens with zero attached hydrogens (tertiary/aromatic N) is 2. The van der Waals surface area contributed by atoms with Crippen LogP contribution in [0.15, 0.2) is 22.1 Å². The largest absolute Gasteiger partial charge is 0.287 e. The van der Waals surface area contributed by atoms with Gasteiger partial charge in [-0.3, -0.25) is 9.36 Å². The first kappa shape index (κ1) is 16.1. The van der Waals surface area contributed by atoms with E-state index in [0.29, 0.717) is 6.54 Å². The van der Waals surface area contributed by atoms with Gasteiger partial charge < -0.3 is 0 Å².